The van der Waals surface area contributed by atoms with E-state index < -0.39 is 24.5 Å². The summed E-state index contributed by atoms with van der Waals surface area (Å²) in [7, 11) is -3.14. The van der Waals surface area contributed by atoms with Crippen LogP contribution in [0.2, 0.25) is 64.5 Å². The molecular weight excluding hydrogens is 266 g/mol. The summed E-state index contributed by atoms with van der Waals surface area (Å²) in [6.45, 7) is 23.9. The zero-order valence-electron chi connectivity index (χ0n) is 14.5. The highest BCUT2D eigenvalue weighted by Crippen LogP contribution is 2.23. The Morgan fingerprint density at radius 1 is 0.722 bits per heavy atom. The van der Waals surface area contributed by atoms with Crippen LogP contribution in [-0.2, 0) is 0 Å². The van der Waals surface area contributed by atoms with Gasteiger partial charge in [0.25, 0.3) is 0 Å². The van der Waals surface area contributed by atoms with Crippen molar-refractivity contribution in [2.24, 2.45) is 0 Å². The maximum Gasteiger partial charge on any atom is 0.112 e. The third kappa shape index (κ3) is 7.26. The average Bonchev–Trinajstić information content (AvgIpc) is 2.07. The minimum absolute atomic E-state index is 0.884. The fraction of sp³-hybridized carbons (Fsp3) is 1.00. The molecule has 0 unspecified atom stereocenters. The minimum atomic E-state index is -1.13. The Labute approximate surface area is 120 Å². The summed E-state index contributed by atoms with van der Waals surface area (Å²) in [6, 6.07) is 3.03. The normalized spacial score (nSPS) is 14.3. The maximum atomic E-state index is 2.94. The van der Waals surface area contributed by atoms with Crippen LogP contribution >= 0.6 is 0 Å². The molecule has 0 fully saturated rings. The van der Waals surface area contributed by atoms with E-state index in [4.69, 9.17) is 0 Å². The first-order valence-electron chi connectivity index (χ1n) is 7.68. The second-order valence-electron chi connectivity index (χ2n) is 8.51. The van der Waals surface area contributed by atoms with Crippen molar-refractivity contribution in [1.29, 1.82) is 0 Å². The van der Waals surface area contributed by atoms with Crippen LogP contribution in [0.25, 0.3) is 0 Å². The van der Waals surface area contributed by atoms with Crippen molar-refractivity contribution >= 4 is 24.5 Å². The van der Waals surface area contributed by atoms with E-state index in [1.54, 1.807) is 0 Å². The van der Waals surface area contributed by atoms with Crippen molar-refractivity contribution in [3.05, 3.63) is 0 Å². The minimum Gasteiger partial charge on any atom is -0.346 e. The third-order valence-electron chi connectivity index (χ3n) is 3.78. The van der Waals surface area contributed by atoms with E-state index in [0.29, 0.717) is 0 Å². The lowest BCUT2D eigenvalue weighted by atomic mass is 10.5. The summed E-state index contributed by atoms with van der Waals surface area (Å²) < 4.78 is 2.94. The number of hydrogen-bond donors (Lipinski definition) is 0. The standard InChI is InChI=1S/C14H37NSi3/c1-10-13-18(8,9)14-11-12-15(16(2,3)4)17(5,6)7/h10-14H2,1-9H3. The van der Waals surface area contributed by atoms with Crippen molar-refractivity contribution in [2.45, 2.75) is 84.2 Å². The molecule has 0 amide bonds. The Balaban J connectivity index is 4.39. The van der Waals surface area contributed by atoms with Crippen LogP contribution < -0.4 is 0 Å². The van der Waals surface area contributed by atoms with Crippen LogP contribution in [-0.4, -0.2) is 35.3 Å². The molecule has 0 aromatic rings. The molecule has 0 saturated heterocycles. The lowest BCUT2D eigenvalue weighted by molar-refractivity contribution is 0.598. The molecule has 0 aromatic carbocycles. The van der Waals surface area contributed by atoms with Crippen LogP contribution in [0, 0.1) is 0 Å². The molecule has 18 heavy (non-hydrogen) atoms. The molecule has 0 spiro atoms. The zero-order valence-corrected chi connectivity index (χ0v) is 17.5. The smallest absolute Gasteiger partial charge is 0.112 e. The monoisotopic (exact) mass is 303 g/mol. The average molecular weight is 304 g/mol. The lowest BCUT2D eigenvalue weighted by Gasteiger charge is -2.44. The van der Waals surface area contributed by atoms with Gasteiger partial charge in [-0.25, -0.2) is 0 Å². The van der Waals surface area contributed by atoms with Crippen LogP contribution in [0.1, 0.15) is 19.8 Å². The highest BCUT2D eigenvalue weighted by molar-refractivity contribution is 6.89. The van der Waals surface area contributed by atoms with Crippen LogP contribution in [0.5, 0.6) is 0 Å². The molecule has 0 radical (unpaired) electrons. The summed E-state index contributed by atoms with van der Waals surface area (Å²) in [5.74, 6) is 0. The van der Waals surface area contributed by atoms with Crippen molar-refractivity contribution in [2.75, 3.05) is 6.54 Å². The van der Waals surface area contributed by atoms with Crippen LogP contribution in [0.3, 0.4) is 0 Å². The van der Waals surface area contributed by atoms with Crippen LogP contribution in [0.15, 0.2) is 0 Å². The van der Waals surface area contributed by atoms with E-state index in [2.05, 4.69) is 63.5 Å². The fourth-order valence-electron chi connectivity index (χ4n) is 3.19. The van der Waals surface area contributed by atoms with E-state index in [1.807, 2.05) is 0 Å². The Kier molecular flexibility index (Phi) is 7.09. The molecule has 0 atom stereocenters. The number of rotatable bonds is 8. The Bertz CT molecular complexity index is 224. The molecule has 1 nitrogen and oxygen atoms in total. The van der Waals surface area contributed by atoms with Crippen molar-refractivity contribution < 1.29 is 0 Å². The molecule has 0 bridgehead atoms. The van der Waals surface area contributed by atoms with E-state index in [0.717, 1.165) is 0 Å². The Morgan fingerprint density at radius 2 is 1.17 bits per heavy atom. The molecule has 0 N–H and O–H groups in total. The molecule has 0 saturated carbocycles. The molecule has 0 aliphatic carbocycles. The summed E-state index contributed by atoms with van der Waals surface area (Å²) in [4.78, 5) is 0. The maximum absolute atomic E-state index is 2.94. The van der Waals surface area contributed by atoms with Gasteiger partial charge in [-0.3, -0.25) is 0 Å². The highest BCUT2D eigenvalue weighted by atomic mass is 28.4. The molecular formula is C14H37NSi3. The SMILES string of the molecule is CCC[Si](C)(C)CCCN([Si](C)(C)C)[Si](C)(C)C. The molecule has 0 aliphatic rings. The van der Waals surface area contributed by atoms with Gasteiger partial charge < -0.3 is 4.23 Å². The number of hydrogen-bond acceptors (Lipinski definition) is 1. The third-order valence-corrected chi connectivity index (χ3v) is 15.1. The Morgan fingerprint density at radius 3 is 1.50 bits per heavy atom. The predicted octanol–water partition coefficient (Wildman–Crippen LogP) is 5.47. The van der Waals surface area contributed by atoms with Crippen molar-refractivity contribution in [1.82, 2.24) is 4.23 Å². The second kappa shape index (κ2) is 6.86. The first kappa shape index (κ1) is 18.6. The summed E-state index contributed by atoms with van der Waals surface area (Å²) in [5, 5.41) is 0. The van der Waals surface area contributed by atoms with Gasteiger partial charge in [0.2, 0.25) is 0 Å². The van der Waals surface area contributed by atoms with Gasteiger partial charge in [-0.2, -0.15) is 0 Å². The predicted molar refractivity (Wildman–Crippen MR) is 95.4 cm³/mol. The zero-order chi connectivity index (χ0) is 14.6. The topological polar surface area (TPSA) is 3.24 Å². The first-order valence-corrected chi connectivity index (χ1v) is 18.0. The fourth-order valence-corrected chi connectivity index (χ4v) is 15.6. The molecule has 110 valence electrons. The highest BCUT2D eigenvalue weighted by Gasteiger charge is 2.34. The van der Waals surface area contributed by atoms with Crippen molar-refractivity contribution in [3.8, 4) is 0 Å². The molecule has 0 aliphatic heterocycles. The van der Waals surface area contributed by atoms with E-state index in [-0.39, 0.29) is 0 Å². The van der Waals surface area contributed by atoms with Gasteiger partial charge in [0, 0.05) is 8.07 Å². The quantitative estimate of drug-likeness (QED) is 0.538. The van der Waals surface area contributed by atoms with Gasteiger partial charge in [-0.1, -0.05) is 77.8 Å². The number of nitrogens with zero attached hydrogens (tertiary/aromatic N) is 1. The van der Waals surface area contributed by atoms with E-state index in [1.165, 1.54) is 31.5 Å². The molecule has 0 rings (SSSR count). The van der Waals surface area contributed by atoms with Gasteiger partial charge in [-0.15, -0.1) is 0 Å². The van der Waals surface area contributed by atoms with Gasteiger partial charge in [-0.05, 0) is 13.0 Å². The Hall–Kier alpha value is 0.611. The first-order chi connectivity index (χ1) is 7.90. The van der Waals surface area contributed by atoms with E-state index in [9.17, 15) is 0 Å². The summed E-state index contributed by atoms with van der Waals surface area (Å²) in [6.07, 6.45) is 2.82. The summed E-state index contributed by atoms with van der Waals surface area (Å²) in [5.41, 5.74) is 0. The summed E-state index contributed by atoms with van der Waals surface area (Å²) >= 11 is 0. The molecule has 0 heterocycles. The van der Waals surface area contributed by atoms with Gasteiger partial charge in [0.05, 0.1) is 0 Å². The molecule has 4 heteroatoms. The van der Waals surface area contributed by atoms with Crippen molar-refractivity contribution in [3.63, 3.8) is 0 Å². The van der Waals surface area contributed by atoms with Gasteiger partial charge in [0.15, 0.2) is 0 Å². The van der Waals surface area contributed by atoms with E-state index >= 15 is 0 Å². The lowest BCUT2D eigenvalue weighted by Crippen LogP contribution is -2.59. The van der Waals surface area contributed by atoms with Gasteiger partial charge >= 0.3 is 0 Å². The van der Waals surface area contributed by atoms with Crippen LogP contribution in [0.4, 0.5) is 0 Å². The molecule has 0 aromatic heterocycles. The largest absolute Gasteiger partial charge is 0.346 e. The van der Waals surface area contributed by atoms with Gasteiger partial charge in [0.1, 0.15) is 16.5 Å². The second-order valence-corrected chi connectivity index (χ2v) is 24.0.